The van der Waals surface area contributed by atoms with Crippen LogP contribution in [0.5, 0.6) is 5.75 Å². The van der Waals surface area contributed by atoms with Gasteiger partial charge in [0.1, 0.15) is 11.5 Å². The van der Waals surface area contributed by atoms with Gasteiger partial charge in [-0.05, 0) is 74.2 Å². The number of carbonyl (C=O) groups is 1. The van der Waals surface area contributed by atoms with Crippen molar-refractivity contribution in [3.63, 3.8) is 0 Å². The van der Waals surface area contributed by atoms with E-state index >= 15 is 0 Å². The minimum Gasteiger partial charge on any atom is -0.493 e. The number of ether oxygens (including phenoxy) is 2. The maximum Gasteiger partial charge on any atom is 0.303 e. The fraction of sp³-hybridized carbons (Fsp3) is 0.407. The van der Waals surface area contributed by atoms with Gasteiger partial charge in [-0.1, -0.05) is 13.0 Å². The molecular weight excluding hydrogens is 432 g/mol. The van der Waals surface area contributed by atoms with E-state index in [1.54, 1.807) is 0 Å². The zero-order chi connectivity index (χ0) is 24.3. The summed E-state index contributed by atoms with van der Waals surface area (Å²) in [5.41, 5.74) is 5.01. The number of aryl methyl sites for hydroxylation is 3. The molecule has 3 aromatic rings. The monoisotopic (exact) mass is 466 g/mol. The summed E-state index contributed by atoms with van der Waals surface area (Å²) in [6.45, 7) is 8.61. The van der Waals surface area contributed by atoms with E-state index in [0.717, 1.165) is 59.2 Å². The molecule has 7 nitrogen and oxygen atoms in total. The molecule has 0 bridgehead atoms. The highest BCUT2D eigenvalue weighted by Gasteiger charge is 2.12. The fourth-order valence-corrected chi connectivity index (χ4v) is 3.70. The van der Waals surface area contributed by atoms with Crippen molar-refractivity contribution >= 4 is 11.7 Å². The molecule has 0 unspecified atom stereocenters. The van der Waals surface area contributed by atoms with E-state index in [2.05, 4.69) is 17.2 Å². The fourth-order valence-electron chi connectivity index (χ4n) is 3.70. The number of hydrogen-bond acceptors (Lipinski definition) is 6. The third-order valence-corrected chi connectivity index (χ3v) is 5.58. The molecule has 0 aliphatic rings. The van der Waals surface area contributed by atoms with Crippen LogP contribution in [0.1, 0.15) is 42.8 Å². The Balaban J connectivity index is 1.54. The normalized spacial score (nSPS) is 10.9. The Kier molecular flexibility index (Phi) is 9.52. The molecule has 0 radical (unpaired) electrons. The number of benzene rings is 2. The van der Waals surface area contributed by atoms with Crippen molar-refractivity contribution < 1.29 is 23.8 Å². The van der Waals surface area contributed by atoms with Crippen molar-refractivity contribution in [2.45, 2.75) is 46.5 Å². The first-order valence-corrected chi connectivity index (χ1v) is 11.8. The molecular formula is C27H34N2O5. The summed E-state index contributed by atoms with van der Waals surface area (Å²) in [5, 5.41) is 12.3. The number of nitrogens with zero attached hydrogens (tertiary/aromatic N) is 1. The Morgan fingerprint density at radius 1 is 1.06 bits per heavy atom. The van der Waals surface area contributed by atoms with E-state index in [1.807, 2.05) is 56.3 Å². The third-order valence-electron chi connectivity index (χ3n) is 5.58. The Hall–Kier alpha value is -3.32. The van der Waals surface area contributed by atoms with Crippen molar-refractivity contribution in [3.8, 4) is 17.2 Å². The second-order valence-corrected chi connectivity index (χ2v) is 8.00. The molecule has 1 heterocycles. The molecule has 0 spiro atoms. The molecule has 7 heteroatoms. The van der Waals surface area contributed by atoms with Gasteiger partial charge in [-0.15, -0.1) is 0 Å². The van der Waals surface area contributed by atoms with E-state index < -0.39 is 5.97 Å². The highest BCUT2D eigenvalue weighted by Crippen LogP contribution is 2.24. The summed E-state index contributed by atoms with van der Waals surface area (Å²) >= 11 is 0. The quantitative estimate of drug-likeness (QED) is 0.311. The number of rotatable bonds is 14. The van der Waals surface area contributed by atoms with Crippen molar-refractivity contribution in [2.75, 3.05) is 31.7 Å². The first-order chi connectivity index (χ1) is 16.5. The smallest absolute Gasteiger partial charge is 0.303 e. The van der Waals surface area contributed by atoms with E-state index in [-0.39, 0.29) is 6.42 Å². The van der Waals surface area contributed by atoms with Crippen LogP contribution in [0.25, 0.3) is 11.5 Å². The first-order valence-electron chi connectivity index (χ1n) is 11.8. The van der Waals surface area contributed by atoms with Crippen molar-refractivity contribution in [2.24, 2.45) is 0 Å². The highest BCUT2D eigenvalue weighted by atomic mass is 16.5. The number of anilines is 1. The molecule has 0 aliphatic carbocycles. The van der Waals surface area contributed by atoms with Gasteiger partial charge in [-0.2, -0.15) is 0 Å². The zero-order valence-corrected chi connectivity index (χ0v) is 20.2. The molecule has 2 N–H and O–H groups in total. The predicted octanol–water partition coefficient (Wildman–Crippen LogP) is 5.30. The highest BCUT2D eigenvalue weighted by molar-refractivity contribution is 5.67. The van der Waals surface area contributed by atoms with Crippen LogP contribution in [-0.4, -0.2) is 42.4 Å². The Bertz CT molecular complexity index is 1060. The lowest BCUT2D eigenvalue weighted by Crippen LogP contribution is -2.08. The van der Waals surface area contributed by atoms with Crippen LogP contribution in [0.4, 0.5) is 5.69 Å². The van der Waals surface area contributed by atoms with Crippen molar-refractivity contribution in [1.29, 1.82) is 0 Å². The summed E-state index contributed by atoms with van der Waals surface area (Å²) < 4.78 is 17.2. The molecule has 0 fully saturated rings. The topological polar surface area (TPSA) is 93.8 Å². The molecule has 182 valence electrons. The predicted molar refractivity (Wildman–Crippen MR) is 133 cm³/mol. The maximum atomic E-state index is 10.9. The number of aliphatic carboxylic acids is 1. The molecule has 0 aliphatic heterocycles. The second-order valence-electron chi connectivity index (χ2n) is 8.00. The minimum atomic E-state index is -0.783. The van der Waals surface area contributed by atoms with Crippen LogP contribution >= 0.6 is 0 Å². The molecule has 1 aromatic heterocycles. The average Bonchev–Trinajstić information content (AvgIpc) is 3.21. The minimum absolute atomic E-state index is 0.133. The molecule has 0 amide bonds. The number of hydrogen-bond donors (Lipinski definition) is 2. The molecule has 0 saturated heterocycles. The van der Waals surface area contributed by atoms with Gasteiger partial charge >= 0.3 is 5.97 Å². The summed E-state index contributed by atoms with van der Waals surface area (Å²) in [7, 11) is 0. The van der Waals surface area contributed by atoms with Crippen LogP contribution in [0.15, 0.2) is 46.9 Å². The van der Waals surface area contributed by atoms with Gasteiger partial charge in [0.2, 0.25) is 5.89 Å². The van der Waals surface area contributed by atoms with E-state index in [4.69, 9.17) is 19.0 Å². The SMILES string of the molecule is CCOCCNc1ccc(-c2nc(CCOc3ccc(CCC(=O)O)c(CC)c3)c(C)o2)cc1. The van der Waals surface area contributed by atoms with Gasteiger partial charge < -0.3 is 24.3 Å². The molecule has 3 rings (SSSR count). The van der Waals surface area contributed by atoms with Crippen LogP contribution in [0.2, 0.25) is 0 Å². The molecule has 0 atom stereocenters. The Labute approximate surface area is 201 Å². The lowest BCUT2D eigenvalue weighted by atomic mass is 10.0. The van der Waals surface area contributed by atoms with Crippen molar-refractivity contribution in [1.82, 2.24) is 4.98 Å². The third kappa shape index (κ3) is 7.35. The maximum absolute atomic E-state index is 10.9. The number of aromatic nitrogens is 1. The number of nitrogens with one attached hydrogen (secondary N) is 1. The lowest BCUT2D eigenvalue weighted by Gasteiger charge is -2.11. The summed E-state index contributed by atoms with van der Waals surface area (Å²) in [6.07, 6.45) is 2.13. The largest absolute Gasteiger partial charge is 0.493 e. The number of carboxylic acid groups (broad SMARTS) is 1. The summed E-state index contributed by atoms with van der Waals surface area (Å²) in [5.74, 6) is 1.39. The zero-order valence-electron chi connectivity index (χ0n) is 20.2. The number of oxazole rings is 1. The summed E-state index contributed by atoms with van der Waals surface area (Å²) in [6, 6.07) is 13.9. The summed E-state index contributed by atoms with van der Waals surface area (Å²) in [4.78, 5) is 15.5. The molecule has 34 heavy (non-hydrogen) atoms. The van der Waals surface area contributed by atoms with Crippen LogP contribution in [0.3, 0.4) is 0 Å². The standard InChI is InChI=1S/C27H34N2O5/c1-4-20-18-24(12-8-21(20)9-13-26(30)31)33-16-14-25-19(3)34-27(29-25)22-6-10-23(11-7-22)28-15-17-32-5-2/h6-8,10-12,18,28H,4-5,9,13-17H2,1-3H3,(H,30,31). The van der Waals surface area contributed by atoms with E-state index in [0.29, 0.717) is 31.9 Å². The average molecular weight is 467 g/mol. The van der Waals surface area contributed by atoms with Gasteiger partial charge in [0, 0.05) is 37.2 Å². The van der Waals surface area contributed by atoms with Crippen LogP contribution in [0, 0.1) is 6.92 Å². The van der Waals surface area contributed by atoms with Gasteiger partial charge in [0.25, 0.3) is 0 Å². The lowest BCUT2D eigenvalue weighted by molar-refractivity contribution is -0.136. The number of carboxylic acids is 1. The first kappa shape index (κ1) is 25.3. The Morgan fingerprint density at radius 3 is 2.56 bits per heavy atom. The molecule has 0 saturated carbocycles. The molecule has 2 aromatic carbocycles. The Morgan fingerprint density at radius 2 is 1.85 bits per heavy atom. The van der Waals surface area contributed by atoms with Gasteiger partial charge in [-0.3, -0.25) is 4.79 Å². The van der Waals surface area contributed by atoms with Crippen LogP contribution < -0.4 is 10.1 Å². The second kappa shape index (κ2) is 12.8. The van der Waals surface area contributed by atoms with Crippen LogP contribution in [-0.2, 0) is 28.8 Å². The van der Waals surface area contributed by atoms with Gasteiger partial charge in [0.15, 0.2) is 0 Å². The van der Waals surface area contributed by atoms with Crippen molar-refractivity contribution in [3.05, 3.63) is 65.0 Å². The van der Waals surface area contributed by atoms with Gasteiger partial charge in [0.05, 0.1) is 18.9 Å². The van der Waals surface area contributed by atoms with Gasteiger partial charge in [-0.25, -0.2) is 4.98 Å². The van der Waals surface area contributed by atoms with E-state index in [1.165, 1.54) is 0 Å². The van der Waals surface area contributed by atoms with E-state index in [9.17, 15) is 4.79 Å².